The van der Waals surface area contributed by atoms with Crippen LogP contribution >= 0.6 is 0 Å². The molecule has 1 saturated heterocycles. The number of hydrogen-bond donors (Lipinski definition) is 0. The standard InChI is InChI=1S/C22H28N6O/c1-16(2)15-28-21(29)8-7-20(25-28)26-9-11-27(12-10-26)22-18(14-23)13-17-5-3-4-6-19(17)24-22/h7-8,13,16H,3-6,9-12,15H2,1-2H3. The molecule has 0 radical (unpaired) electrons. The van der Waals surface area contributed by atoms with Gasteiger partial charge in [0.1, 0.15) is 17.7 Å². The summed E-state index contributed by atoms with van der Waals surface area (Å²) in [4.78, 5) is 21.4. The number of pyridine rings is 1. The van der Waals surface area contributed by atoms with Crippen molar-refractivity contribution in [3.8, 4) is 6.07 Å². The van der Waals surface area contributed by atoms with Gasteiger partial charge in [0.2, 0.25) is 0 Å². The molecule has 0 unspecified atom stereocenters. The Bertz CT molecular complexity index is 982. The molecule has 2 aromatic heterocycles. The lowest BCUT2D eigenvalue weighted by molar-refractivity contribution is 0.461. The molecular weight excluding hydrogens is 364 g/mol. The van der Waals surface area contributed by atoms with Crippen molar-refractivity contribution in [2.45, 2.75) is 46.1 Å². The van der Waals surface area contributed by atoms with E-state index in [4.69, 9.17) is 4.98 Å². The van der Waals surface area contributed by atoms with E-state index >= 15 is 0 Å². The molecule has 0 amide bonds. The number of nitriles is 1. The summed E-state index contributed by atoms with van der Waals surface area (Å²) in [5.41, 5.74) is 3.03. The van der Waals surface area contributed by atoms with Gasteiger partial charge in [0, 0.05) is 44.5 Å². The molecule has 0 N–H and O–H groups in total. The van der Waals surface area contributed by atoms with Crippen LogP contribution < -0.4 is 15.4 Å². The average molecular weight is 393 g/mol. The van der Waals surface area contributed by atoms with Gasteiger partial charge in [-0.3, -0.25) is 4.79 Å². The predicted octanol–water partition coefficient (Wildman–Crippen LogP) is 2.37. The first-order valence-electron chi connectivity index (χ1n) is 10.6. The summed E-state index contributed by atoms with van der Waals surface area (Å²) in [5.74, 6) is 2.03. The lowest BCUT2D eigenvalue weighted by Gasteiger charge is -2.36. The molecule has 2 aromatic rings. The summed E-state index contributed by atoms with van der Waals surface area (Å²) < 4.78 is 1.56. The zero-order valence-corrected chi connectivity index (χ0v) is 17.3. The second-order valence-corrected chi connectivity index (χ2v) is 8.36. The Morgan fingerprint density at radius 3 is 2.55 bits per heavy atom. The molecule has 29 heavy (non-hydrogen) atoms. The minimum atomic E-state index is -0.0574. The Kier molecular flexibility index (Phi) is 5.52. The number of fused-ring (bicyclic) bond motifs is 1. The summed E-state index contributed by atoms with van der Waals surface area (Å²) in [7, 11) is 0. The molecular formula is C22H28N6O. The van der Waals surface area contributed by atoms with E-state index in [0.717, 1.165) is 56.4 Å². The third-order valence-corrected chi connectivity index (χ3v) is 5.69. The van der Waals surface area contributed by atoms with Gasteiger partial charge in [-0.1, -0.05) is 13.8 Å². The molecule has 152 valence electrons. The normalized spacial score (nSPS) is 16.6. The maximum absolute atomic E-state index is 12.0. The summed E-state index contributed by atoms with van der Waals surface area (Å²) in [6.07, 6.45) is 4.40. The van der Waals surface area contributed by atoms with Gasteiger partial charge in [-0.2, -0.15) is 10.4 Å². The Morgan fingerprint density at radius 2 is 1.83 bits per heavy atom. The molecule has 2 aliphatic rings. The van der Waals surface area contributed by atoms with E-state index in [1.807, 2.05) is 12.1 Å². The van der Waals surface area contributed by atoms with Gasteiger partial charge < -0.3 is 9.80 Å². The van der Waals surface area contributed by atoms with Crippen molar-refractivity contribution in [1.82, 2.24) is 14.8 Å². The van der Waals surface area contributed by atoms with E-state index in [1.165, 1.54) is 18.4 Å². The zero-order chi connectivity index (χ0) is 20.4. The summed E-state index contributed by atoms with van der Waals surface area (Å²) >= 11 is 0. The second-order valence-electron chi connectivity index (χ2n) is 8.36. The van der Waals surface area contributed by atoms with E-state index in [0.29, 0.717) is 18.0 Å². The van der Waals surface area contributed by atoms with Gasteiger partial charge in [-0.25, -0.2) is 9.67 Å². The minimum Gasteiger partial charge on any atom is -0.352 e. The molecule has 0 bridgehead atoms. The molecule has 1 aliphatic heterocycles. The molecule has 1 fully saturated rings. The Hall–Kier alpha value is -2.88. The zero-order valence-electron chi connectivity index (χ0n) is 17.3. The first kappa shape index (κ1) is 19.4. The van der Waals surface area contributed by atoms with Crippen LogP contribution in [0.3, 0.4) is 0 Å². The van der Waals surface area contributed by atoms with Crippen molar-refractivity contribution < 1.29 is 0 Å². The number of nitrogens with zero attached hydrogens (tertiary/aromatic N) is 6. The third kappa shape index (κ3) is 4.12. The summed E-state index contributed by atoms with van der Waals surface area (Å²) in [5, 5.41) is 14.2. The van der Waals surface area contributed by atoms with E-state index in [1.54, 1.807) is 10.7 Å². The van der Waals surface area contributed by atoms with Crippen molar-refractivity contribution in [2.24, 2.45) is 5.92 Å². The lowest BCUT2D eigenvalue weighted by atomic mass is 9.95. The number of piperazine rings is 1. The van der Waals surface area contributed by atoms with E-state index in [2.05, 4.69) is 34.8 Å². The molecule has 0 atom stereocenters. The molecule has 7 heteroatoms. The molecule has 0 spiro atoms. The van der Waals surface area contributed by atoms with Crippen LogP contribution in [0.5, 0.6) is 0 Å². The number of rotatable bonds is 4. The van der Waals surface area contributed by atoms with Gasteiger partial charge in [-0.05, 0) is 49.3 Å². The van der Waals surface area contributed by atoms with Crippen LogP contribution in [0.4, 0.5) is 11.6 Å². The smallest absolute Gasteiger partial charge is 0.266 e. The predicted molar refractivity (Wildman–Crippen MR) is 113 cm³/mol. The average Bonchev–Trinajstić information content (AvgIpc) is 2.74. The van der Waals surface area contributed by atoms with Crippen molar-refractivity contribution in [2.75, 3.05) is 36.0 Å². The summed E-state index contributed by atoms with van der Waals surface area (Å²) in [6.45, 7) is 7.93. The molecule has 4 rings (SSSR count). The molecule has 7 nitrogen and oxygen atoms in total. The van der Waals surface area contributed by atoms with E-state index < -0.39 is 0 Å². The fourth-order valence-electron chi connectivity index (χ4n) is 4.18. The van der Waals surface area contributed by atoms with Crippen LogP contribution in [0.15, 0.2) is 23.0 Å². The van der Waals surface area contributed by atoms with Crippen LogP contribution in [0.25, 0.3) is 0 Å². The first-order chi connectivity index (χ1) is 14.0. The minimum absolute atomic E-state index is 0.0574. The van der Waals surface area contributed by atoms with Gasteiger partial charge in [0.25, 0.3) is 5.56 Å². The van der Waals surface area contributed by atoms with E-state index in [-0.39, 0.29) is 5.56 Å². The van der Waals surface area contributed by atoms with E-state index in [9.17, 15) is 10.1 Å². The number of aromatic nitrogens is 3. The monoisotopic (exact) mass is 392 g/mol. The molecule has 0 saturated carbocycles. The molecule has 0 aromatic carbocycles. The number of anilines is 2. The van der Waals surface area contributed by atoms with Crippen LogP contribution in [-0.4, -0.2) is 40.9 Å². The lowest BCUT2D eigenvalue weighted by Crippen LogP contribution is -2.48. The highest BCUT2D eigenvalue weighted by Crippen LogP contribution is 2.27. The van der Waals surface area contributed by atoms with Crippen LogP contribution in [-0.2, 0) is 19.4 Å². The second kappa shape index (κ2) is 8.24. The Labute approximate surface area is 171 Å². The van der Waals surface area contributed by atoms with Gasteiger partial charge in [-0.15, -0.1) is 0 Å². The molecule has 3 heterocycles. The van der Waals surface area contributed by atoms with Crippen LogP contribution in [0, 0.1) is 17.2 Å². The van der Waals surface area contributed by atoms with Crippen LogP contribution in [0.2, 0.25) is 0 Å². The maximum Gasteiger partial charge on any atom is 0.266 e. The number of aryl methyl sites for hydroxylation is 2. The van der Waals surface area contributed by atoms with Crippen LogP contribution in [0.1, 0.15) is 43.5 Å². The molecule has 1 aliphatic carbocycles. The fraction of sp³-hybridized carbons (Fsp3) is 0.545. The van der Waals surface area contributed by atoms with Crippen molar-refractivity contribution in [3.05, 3.63) is 45.4 Å². The SMILES string of the molecule is CC(C)Cn1nc(N2CCN(c3nc4c(cc3C#N)CCCC4)CC2)ccc1=O. The van der Waals surface area contributed by atoms with Crippen molar-refractivity contribution >= 4 is 11.6 Å². The fourth-order valence-corrected chi connectivity index (χ4v) is 4.18. The van der Waals surface area contributed by atoms with Crippen molar-refractivity contribution in [1.29, 1.82) is 5.26 Å². The largest absolute Gasteiger partial charge is 0.352 e. The Morgan fingerprint density at radius 1 is 1.10 bits per heavy atom. The van der Waals surface area contributed by atoms with Crippen molar-refractivity contribution in [3.63, 3.8) is 0 Å². The first-order valence-corrected chi connectivity index (χ1v) is 10.6. The Balaban J connectivity index is 1.50. The summed E-state index contributed by atoms with van der Waals surface area (Å²) in [6, 6.07) is 7.82. The number of hydrogen-bond acceptors (Lipinski definition) is 6. The highest BCUT2D eigenvalue weighted by Gasteiger charge is 2.24. The maximum atomic E-state index is 12.0. The third-order valence-electron chi connectivity index (χ3n) is 5.69. The highest BCUT2D eigenvalue weighted by atomic mass is 16.1. The highest BCUT2D eigenvalue weighted by molar-refractivity contribution is 5.57. The van der Waals surface area contributed by atoms with Gasteiger partial charge >= 0.3 is 0 Å². The topological polar surface area (TPSA) is 78.1 Å². The quantitative estimate of drug-likeness (QED) is 0.795. The van der Waals surface area contributed by atoms with Gasteiger partial charge in [0.15, 0.2) is 0 Å². The van der Waals surface area contributed by atoms with Gasteiger partial charge in [0.05, 0.1) is 5.56 Å².